The monoisotopic (exact) mass is 274 g/mol. The van der Waals surface area contributed by atoms with E-state index in [0.29, 0.717) is 12.4 Å². The first-order valence-electron chi connectivity index (χ1n) is 6.49. The van der Waals surface area contributed by atoms with Crippen molar-refractivity contribution < 1.29 is 9.53 Å². The summed E-state index contributed by atoms with van der Waals surface area (Å²) in [4.78, 5) is 11.8. The zero-order valence-corrected chi connectivity index (χ0v) is 11.4. The van der Waals surface area contributed by atoms with Gasteiger partial charge in [-0.1, -0.05) is 6.92 Å². The van der Waals surface area contributed by atoms with Gasteiger partial charge in [-0.05, 0) is 36.8 Å². The van der Waals surface area contributed by atoms with Crippen LogP contribution in [0.1, 0.15) is 13.3 Å². The van der Waals surface area contributed by atoms with E-state index in [9.17, 15) is 4.79 Å². The number of nitrogen functional groups attached to an aromatic ring is 1. The third kappa shape index (κ3) is 4.01. The van der Waals surface area contributed by atoms with Gasteiger partial charge in [-0.3, -0.25) is 9.48 Å². The maximum absolute atomic E-state index is 11.8. The molecule has 0 unspecified atom stereocenters. The average molecular weight is 274 g/mol. The molecule has 0 aliphatic heterocycles. The smallest absolute Gasteiger partial charge is 0.246 e. The summed E-state index contributed by atoms with van der Waals surface area (Å²) in [5.41, 5.74) is 6.21. The van der Waals surface area contributed by atoms with Gasteiger partial charge in [-0.2, -0.15) is 5.10 Å². The van der Waals surface area contributed by atoms with Gasteiger partial charge in [0.1, 0.15) is 18.1 Å². The predicted octanol–water partition coefficient (Wildman–Crippen LogP) is 1.89. The van der Waals surface area contributed by atoms with Gasteiger partial charge in [0.2, 0.25) is 5.91 Å². The van der Waals surface area contributed by atoms with Crippen molar-refractivity contribution in [2.45, 2.75) is 19.9 Å². The maximum atomic E-state index is 11.8. The van der Waals surface area contributed by atoms with Crippen LogP contribution in [0, 0.1) is 0 Å². The minimum atomic E-state index is -0.157. The van der Waals surface area contributed by atoms with E-state index in [0.717, 1.165) is 17.9 Å². The summed E-state index contributed by atoms with van der Waals surface area (Å²) >= 11 is 0. The summed E-state index contributed by atoms with van der Waals surface area (Å²) in [6.45, 7) is 2.87. The van der Waals surface area contributed by atoms with Gasteiger partial charge >= 0.3 is 0 Å². The molecule has 0 atom stereocenters. The Morgan fingerprint density at radius 2 is 2.10 bits per heavy atom. The lowest BCUT2D eigenvalue weighted by atomic mass is 10.3. The van der Waals surface area contributed by atoms with Crippen LogP contribution in [-0.2, 0) is 11.3 Å². The lowest BCUT2D eigenvalue weighted by Gasteiger charge is -2.07. The molecule has 0 aliphatic carbocycles. The van der Waals surface area contributed by atoms with Crippen LogP contribution in [0.4, 0.5) is 11.5 Å². The number of nitrogens with one attached hydrogen (secondary N) is 1. The van der Waals surface area contributed by atoms with E-state index in [1.807, 2.05) is 12.1 Å². The maximum Gasteiger partial charge on any atom is 0.246 e. The van der Waals surface area contributed by atoms with Crippen LogP contribution < -0.4 is 15.8 Å². The molecule has 1 aromatic heterocycles. The van der Waals surface area contributed by atoms with Crippen LogP contribution in [-0.4, -0.2) is 22.3 Å². The number of nitrogens with two attached hydrogens (primary N) is 1. The first kappa shape index (κ1) is 13.9. The quantitative estimate of drug-likeness (QED) is 0.842. The number of ether oxygens (including phenoxy) is 1. The molecule has 0 bridgehead atoms. The molecule has 0 saturated carbocycles. The normalized spacial score (nSPS) is 10.2. The van der Waals surface area contributed by atoms with E-state index in [1.54, 1.807) is 24.4 Å². The molecule has 6 heteroatoms. The number of carbonyl (C=O) groups excluding carboxylic acids is 1. The number of benzene rings is 1. The fourth-order valence-electron chi connectivity index (χ4n) is 1.67. The van der Waals surface area contributed by atoms with Gasteiger partial charge in [0.05, 0.1) is 6.61 Å². The molecule has 3 N–H and O–H groups in total. The first-order valence-corrected chi connectivity index (χ1v) is 6.49. The van der Waals surface area contributed by atoms with E-state index in [2.05, 4.69) is 17.3 Å². The Morgan fingerprint density at radius 3 is 2.70 bits per heavy atom. The van der Waals surface area contributed by atoms with Gasteiger partial charge in [0.15, 0.2) is 0 Å². The van der Waals surface area contributed by atoms with Gasteiger partial charge in [-0.25, -0.2) is 0 Å². The number of nitrogens with zero attached hydrogens (tertiary/aromatic N) is 2. The Labute approximate surface area is 117 Å². The van der Waals surface area contributed by atoms with Crippen molar-refractivity contribution in [2.75, 3.05) is 17.7 Å². The van der Waals surface area contributed by atoms with Crippen molar-refractivity contribution in [1.82, 2.24) is 9.78 Å². The largest absolute Gasteiger partial charge is 0.494 e. The van der Waals surface area contributed by atoms with Gasteiger partial charge in [0.25, 0.3) is 0 Å². The molecule has 2 rings (SSSR count). The van der Waals surface area contributed by atoms with Gasteiger partial charge in [-0.15, -0.1) is 0 Å². The molecule has 0 spiro atoms. The summed E-state index contributed by atoms with van der Waals surface area (Å²) in [5.74, 6) is 1.04. The Morgan fingerprint density at radius 1 is 1.35 bits per heavy atom. The molecule has 1 heterocycles. The second-order valence-corrected chi connectivity index (χ2v) is 4.36. The lowest BCUT2D eigenvalue weighted by molar-refractivity contribution is -0.116. The fourth-order valence-corrected chi connectivity index (χ4v) is 1.67. The Bertz CT molecular complexity index is 563. The highest BCUT2D eigenvalue weighted by Gasteiger charge is 2.04. The van der Waals surface area contributed by atoms with E-state index in [-0.39, 0.29) is 12.5 Å². The van der Waals surface area contributed by atoms with Crippen molar-refractivity contribution in [2.24, 2.45) is 0 Å². The topological polar surface area (TPSA) is 82.2 Å². The van der Waals surface area contributed by atoms with Crippen molar-refractivity contribution in [3.05, 3.63) is 36.5 Å². The Hall–Kier alpha value is -2.50. The highest BCUT2D eigenvalue weighted by atomic mass is 16.5. The molecular formula is C14H18N4O2. The number of rotatable bonds is 6. The van der Waals surface area contributed by atoms with Crippen LogP contribution in [0.5, 0.6) is 5.75 Å². The molecule has 1 amide bonds. The van der Waals surface area contributed by atoms with Crippen LogP contribution in [0.25, 0.3) is 0 Å². The van der Waals surface area contributed by atoms with Gasteiger partial charge in [0, 0.05) is 11.9 Å². The zero-order valence-electron chi connectivity index (χ0n) is 11.4. The van der Waals surface area contributed by atoms with Crippen molar-refractivity contribution in [3.63, 3.8) is 0 Å². The molecule has 0 radical (unpaired) electrons. The summed E-state index contributed by atoms with van der Waals surface area (Å²) in [5, 5.41) is 6.74. The molecule has 0 saturated heterocycles. The standard InChI is InChI=1S/C14H18N4O2/c1-2-9-20-12-5-3-11(4-6-12)16-14(19)10-18-8-7-13(15)17-18/h3-8H,2,9-10H2,1H3,(H2,15,17)(H,16,19). The van der Waals surface area contributed by atoms with Crippen LogP contribution >= 0.6 is 0 Å². The molecule has 0 fully saturated rings. The molecule has 0 aliphatic rings. The molecule has 106 valence electrons. The number of carbonyl (C=O) groups is 1. The van der Waals surface area contributed by atoms with Crippen molar-refractivity contribution in [1.29, 1.82) is 0 Å². The van der Waals surface area contributed by atoms with Crippen molar-refractivity contribution >= 4 is 17.4 Å². The summed E-state index contributed by atoms with van der Waals surface area (Å²) < 4.78 is 6.96. The molecule has 2 aromatic rings. The third-order valence-electron chi connectivity index (χ3n) is 2.58. The number of aromatic nitrogens is 2. The number of anilines is 2. The zero-order chi connectivity index (χ0) is 14.4. The second kappa shape index (κ2) is 6.60. The molecule has 1 aromatic carbocycles. The number of hydrogen-bond acceptors (Lipinski definition) is 4. The lowest BCUT2D eigenvalue weighted by Crippen LogP contribution is -2.19. The van der Waals surface area contributed by atoms with E-state index in [1.165, 1.54) is 4.68 Å². The van der Waals surface area contributed by atoms with Crippen LogP contribution in [0.2, 0.25) is 0 Å². The highest BCUT2D eigenvalue weighted by molar-refractivity contribution is 5.90. The third-order valence-corrected chi connectivity index (χ3v) is 2.58. The Balaban J connectivity index is 1.87. The summed E-state index contributed by atoms with van der Waals surface area (Å²) in [6, 6.07) is 8.92. The first-order chi connectivity index (χ1) is 9.67. The highest BCUT2D eigenvalue weighted by Crippen LogP contribution is 2.15. The van der Waals surface area contributed by atoms with Gasteiger partial charge < -0.3 is 15.8 Å². The second-order valence-electron chi connectivity index (χ2n) is 4.36. The fraction of sp³-hybridized carbons (Fsp3) is 0.286. The number of amides is 1. The molecular weight excluding hydrogens is 256 g/mol. The van der Waals surface area contributed by atoms with E-state index in [4.69, 9.17) is 10.5 Å². The summed E-state index contributed by atoms with van der Waals surface area (Å²) in [6.07, 6.45) is 2.63. The Kier molecular flexibility index (Phi) is 4.60. The molecule has 20 heavy (non-hydrogen) atoms. The van der Waals surface area contributed by atoms with E-state index < -0.39 is 0 Å². The number of hydrogen-bond donors (Lipinski definition) is 2. The minimum Gasteiger partial charge on any atom is -0.494 e. The van der Waals surface area contributed by atoms with Crippen molar-refractivity contribution in [3.8, 4) is 5.75 Å². The predicted molar refractivity (Wildman–Crippen MR) is 77.5 cm³/mol. The van der Waals surface area contributed by atoms with E-state index >= 15 is 0 Å². The summed E-state index contributed by atoms with van der Waals surface area (Å²) in [7, 11) is 0. The average Bonchev–Trinajstić information content (AvgIpc) is 2.83. The molecule has 6 nitrogen and oxygen atoms in total. The van der Waals surface area contributed by atoms with Crippen LogP contribution in [0.3, 0.4) is 0 Å². The minimum absolute atomic E-state index is 0.130. The van der Waals surface area contributed by atoms with Crippen LogP contribution in [0.15, 0.2) is 36.5 Å². The SMILES string of the molecule is CCCOc1ccc(NC(=O)Cn2ccc(N)n2)cc1.